The Morgan fingerprint density at radius 3 is 2.03 bits per heavy atom. The van der Waals surface area contributed by atoms with Crippen LogP contribution in [0.1, 0.15) is 58.8 Å². The van der Waals surface area contributed by atoms with Gasteiger partial charge in [-0.2, -0.15) is 0 Å². The van der Waals surface area contributed by atoms with Crippen molar-refractivity contribution < 1.29 is 43.7 Å². The SMILES string of the molecule is CCCCCOC(=O)C(NC(=O)CCCO[N+](=O)[O-])C(C)OC(=O)CCCO[N+](=O)[O-]. The van der Waals surface area contributed by atoms with Crippen molar-refractivity contribution >= 4 is 17.8 Å². The third-order valence-corrected chi connectivity index (χ3v) is 3.82. The lowest BCUT2D eigenvalue weighted by Gasteiger charge is -2.24. The topological polar surface area (TPSA) is 186 Å². The van der Waals surface area contributed by atoms with Crippen LogP contribution in [0, 0.1) is 20.2 Å². The zero-order valence-electron chi connectivity index (χ0n) is 17.6. The van der Waals surface area contributed by atoms with Gasteiger partial charge in [0.15, 0.2) is 6.04 Å². The van der Waals surface area contributed by atoms with Crippen LogP contribution >= 0.6 is 0 Å². The molecule has 0 aliphatic rings. The van der Waals surface area contributed by atoms with Gasteiger partial charge in [-0.15, -0.1) is 20.2 Å². The van der Waals surface area contributed by atoms with E-state index in [0.29, 0.717) is 6.42 Å². The first-order valence-corrected chi connectivity index (χ1v) is 9.87. The Morgan fingerprint density at radius 1 is 0.903 bits per heavy atom. The maximum atomic E-state index is 12.4. The van der Waals surface area contributed by atoms with Gasteiger partial charge in [-0.3, -0.25) is 9.59 Å². The van der Waals surface area contributed by atoms with E-state index in [4.69, 9.17) is 9.47 Å². The van der Waals surface area contributed by atoms with E-state index in [0.717, 1.165) is 12.8 Å². The molecule has 14 nitrogen and oxygen atoms in total. The summed E-state index contributed by atoms with van der Waals surface area (Å²) < 4.78 is 10.3. The lowest BCUT2D eigenvalue weighted by molar-refractivity contribution is -0.757. The fourth-order valence-corrected chi connectivity index (χ4v) is 2.29. The molecule has 0 spiro atoms. The van der Waals surface area contributed by atoms with Crippen molar-refractivity contribution in [2.45, 2.75) is 70.9 Å². The highest BCUT2D eigenvalue weighted by Gasteiger charge is 2.31. The molecule has 1 amide bonds. The zero-order chi connectivity index (χ0) is 23.6. The Labute approximate surface area is 178 Å². The van der Waals surface area contributed by atoms with Crippen molar-refractivity contribution in [2.24, 2.45) is 0 Å². The van der Waals surface area contributed by atoms with E-state index >= 15 is 0 Å². The minimum Gasteiger partial charge on any atom is -0.464 e. The van der Waals surface area contributed by atoms with Crippen molar-refractivity contribution in [1.82, 2.24) is 5.32 Å². The Balaban J connectivity index is 4.73. The molecule has 31 heavy (non-hydrogen) atoms. The first-order chi connectivity index (χ1) is 14.7. The minimum absolute atomic E-state index is 0.0292. The summed E-state index contributed by atoms with van der Waals surface area (Å²) in [4.78, 5) is 64.7. The second-order valence-electron chi connectivity index (χ2n) is 6.44. The van der Waals surface area contributed by atoms with Crippen LogP contribution in [0.25, 0.3) is 0 Å². The Kier molecular flexibility index (Phi) is 14.9. The number of hydrogen-bond donors (Lipinski definition) is 1. The van der Waals surface area contributed by atoms with Crippen molar-refractivity contribution in [1.29, 1.82) is 0 Å². The van der Waals surface area contributed by atoms with Crippen molar-refractivity contribution in [3.63, 3.8) is 0 Å². The summed E-state index contributed by atoms with van der Waals surface area (Å²) in [6.07, 6.45) is 1.02. The van der Waals surface area contributed by atoms with Gasteiger partial charge in [0.2, 0.25) is 5.91 Å². The summed E-state index contributed by atoms with van der Waals surface area (Å²) in [6.45, 7) is 2.92. The summed E-state index contributed by atoms with van der Waals surface area (Å²) in [5.74, 6) is -2.13. The van der Waals surface area contributed by atoms with E-state index in [1.807, 2.05) is 6.92 Å². The average molecular weight is 451 g/mol. The number of rotatable bonds is 18. The van der Waals surface area contributed by atoms with E-state index in [2.05, 4.69) is 15.0 Å². The van der Waals surface area contributed by atoms with Crippen LogP contribution in [-0.2, 0) is 33.5 Å². The zero-order valence-corrected chi connectivity index (χ0v) is 17.6. The predicted molar refractivity (Wildman–Crippen MR) is 102 cm³/mol. The molecule has 0 rings (SSSR count). The quantitative estimate of drug-likeness (QED) is 0.136. The Hall–Kier alpha value is -3.19. The first-order valence-electron chi connectivity index (χ1n) is 9.87. The van der Waals surface area contributed by atoms with Crippen LogP contribution in [0.2, 0.25) is 0 Å². The van der Waals surface area contributed by atoms with Gasteiger partial charge in [-0.05, 0) is 26.2 Å². The Morgan fingerprint density at radius 2 is 1.48 bits per heavy atom. The van der Waals surface area contributed by atoms with Gasteiger partial charge in [-0.25, -0.2) is 4.79 Å². The number of hydrogen-bond acceptors (Lipinski definition) is 11. The molecule has 0 radical (unpaired) electrons. The van der Waals surface area contributed by atoms with E-state index in [-0.39, 0.29) is 45.5 Å². The van der Waals surface area contributed by atoms with Gasteiger partial charge in [0.05, 0.1) is 19.8 Å². The monoisotopic (exact) mass is 451 g/mol. The molecule has 0 saturated heterocycles. The molecule has 0 heterocycles. The molecule has 14 heteroatoms. The molecular formula is C17H29N3O11. The molecule has 0 aromatic heterocycles. The maximum Gasteiger partial charge on any atom is 0.332 e. The highest BCUT2D eigenvalue weighted by molar-refractivity contribution is 5.85. The highest BCUT2D eigenvalue weighted by Crippen LogP contribution is 2.07. The first kappa shape index (κ1) is 27.8. The van der Waals surface area contributed by atoms with Gasteiger partial charge in [0.1, 0.15) is 6.10 Å². The fraction of sp³-hybridized carbons (Fsp3) is 0.824. The van der Waals surface area contributed by atoms with Crippen molar-refractivity contribution in [2.75, 3.05) is 19.8 Å². The van der Waals surface area contributed by atoms with Crippen LogP contribution in [0.3, 0.4) is 0 Å². The van der Waals surface area contributed by atoms with Crippen LogP contribution < -0.4 is 5.32 Å². The Bertz CT molecular complexity index is 600. The number of carbonyl (C=O) groups is 3. The smallest absolute Gasteiger partial charge is 0.332 e. The number of nitrogens with one attached hydrogen (secondary N) is 1. The highest BCUT2D eigenvalue weighted by atomic mass is 17.0. The third-order valence-electron chi connectivity index (χ3n) is 3.82. The second kappa shape index (κ2) is 16.6. The maximum absolute atomic E-state index is 12.4. The summed E-state index contributed by atoms with van der Waals surface area (Å²) >= 11 is 0. The van der Waals surface area contributed by atoms with Crippen LogP contribution in [0.5, 0.6) is 0 Å². The van der Waals surface area contributed by atoms with E-state index in [9.17, 15) is 34.6 Å². The lowest BCUT2D eigenvalue weighted by Crippen LogP contribution is -2.50. The fourth-order valence-electron chi connectivity index (χ4n) is 2.29. The van der Waals surface area contributed by atoms with Crippen LogP contribution in [0.4, 0.5) is 0 Å². The predicted octanol–water partition coefficient (Wildman–Crippen LogP) is 1.11. The molecule has 0 aromatic rings. The summed E-state index contributed by atoms with van der Waals surface area (Å²) in [6, 6.07) is -1.29. The third kappa shape index (κ3) is 15.3. The number of esters is 2. The molecule has 0 aromatic carbocycles. The lowest BCUT2D eigenvalue weighted by atomic mass is 10.1. The van der Waals surface area contributed by atoms with Crippen LogP contribution in [0.15, 0.2) is 0 Å². The largest absolute Gasteiger partial charge is 0.464 e. The molecule has 0 aliphatic carbocycles. The number of unbranched alkanes of at least 4 members (excludes halogenated alkanes) is 2. The number of carbonyl (C=O) groups excluding carboxylic acids is 3. The van der Waals surface area contributed by atoms with Gasteiger partial charge in [-0.1, -0.05) is 19.8 Å². The molecule has 1 N–H and O–H groups in total. The molecule has 0 fully saturated rings. The van der Waals surface area contributed by atoms with E-state index in [1.165, 1.54) is 6.92 Å². The van der Waals surface area contributed by atoms with Crippen LogP contribution in [-0.4, -0.2) is 60.0 Å². The normalized spacial score (nSPS) is 12.2. The molecule has 178 valence electrons. The molecule has 2 unspecified atom stereocenters. The van der Waals surface area contributed by atoms with Gasteiger partial charge in [0.25, 0.3) is 10.2 Å². The summed E-state index contributed by atoms with van der Waals surface area (Å²) in [5, 5.41) is 20.6. The molecule has 2 atom stereocenters. The van der Waals surface area contributed by atoms with Crippen molar-refractivity contribution in [3.05, 3.63) is 20.2 Å². The standard InChI is InChI=1S/C17H29N3O11/c1-3-4-5-10-28-17(23)16(18-14(21)8-6-11-29-19(24)25)13(2)31-15(22)9-7-12-30-20(26)27/h13,16H,3-12H2,1-2H3,(H,18,21). The van der Waals surface area contributed by atoms with Gasteiger partial charge in [0, 0.05) is 12.8 Å². The minimum atomic E-state index is -1.29. The number of ether oxygens (including phenoxy) is 2. The number of nitrogens with zero attached hydrogens (tertiary/aromatic N) is 2. The molecule has 0 saturated carbocycles. The number of amides is 1. The van der Waals surface area contributed by atoms with Gasteiger partial charge >= 0.3 is 11.9 Å². The summed E-state index contributed by atoms with van der Waals surface area (Å²) in [7, 11) is 0. The van der Waals surface area contributed by atoms with Crippen molar-refractivity contribution in [3.8, 4) is 0 Å². The molecule has 0 aliphatic heterocycles. The van der Waals surface area contributed by atoms with Gasteiger partial charge < -0.3 is 24.5 Å². The average Bonchev–Trinajstić information content (AvgIpc) is 2.69. The molecular weight excluding hydrogens is 422 g/mol. The summed E-state index contributed by atoms with van der Waals surface area (Å²) in [5.41, 5.74) is 0. The molecule has 0 bridgehead atoms. The second-order valence-corrected chi connectivity index (χ2v) is 6.44. The van der Waals surface area contributed by atoms with E-state index in [1.54, 1.807) is 0 Å². The van der Waals surface area contributed by atoms with E-state index < -0.39 is 40.2 Å².